The van der Waals surface area contributed by atoms with Crippen molar-refractivity contribution in [2.75, 3.05) is 25.0 Å². The van der Waals surface area contributed by atoms with Crippen LogP contribution in [-0.2, 0) is 14.4 Å². The normalized spacial score (nSPS) is 22.2. The molecule has 1 aliphatic carbocycles. The lowest BCUT2D eigenvalue weighted by atomic mass is 9.82. The Hall–Kier alpha value is -2.77. The lowest BCUT2D eigenvalue weighted by molar-refractivity contribution is -0.137. The molecule has 1 aromatic rings. The standard InChI is InChI=1S/C23H33N5O3/c1-15(29)21(24)17-8-10-25-13-18(17)26-14-20(30)28-11-5-7-19(28)22(31)27-12-16-6-4-9-23(16,2)3/h8,10,13,16,19,24,26H,4-7,9,11-12,14H2,1-3H3,(H,27,31)/p+1/t16?,19-/m0/s1. The van der Waals surface area contributed by atoms with E-state index in [1.54, 1.807) is 17.2 Å². The van der Waals surface area contributed by atoms with E-state index in [1.165, 1.54) is 26.0 Å². The van der Waals surface area contributed by atoms with Crippen molar-refractivity contribution in [1.29, 1.82) is 0 Å². The lowest BCUT2D eigenvalue weighted by Gasteiger charge is -2.29. The molecule has 168 valence electrons. The first-order valence-electron chi connectivity index (χ1n) is 11.1. The van der Waals surface area contributed by atoms with E-state index in [-0.39, 0.29) is 35.3 Å². The van der Waals surface area contributed by atoms with E-state index in [2.05, 4.69) is 29.5 Å². The molecule has 1 aliphatic heterocycles. The van der Waals surface area contributed by atoms with Crippen LogP contribution in [0.15, 0.2) is 18.5 Å². The molecule has 0 spiro atoms. The number of ketones is 1. The molecule has 0 radical (unpaired) electrons. The molecule has 2 atom stereocenters. The molecule has 1 saturated heterocycles. The Labute approximate surface area is 183 Å². The number of hydrogen-bond donors (Lipinski definition) is 3. The Balaban J connectivity index is 1.57. The summed E-state index contributed by atoms with van der Waals surface area (Å²) in [5.41, 5.74) is 1.41. The average Bonchev–Trinajstić information content (AvgIpc) is 3.36. The van der Waals surface area contributed by atoms with Crippen molar-refractivity contribution in [2.45, 2.75) is 58.9 Å². The number of nitrogens with zero attached hydrogens (tertiary/aromatic N) is 2. The van der Waals surface area contributed by atoms with Gasteiger partial charge >= 0.3 is 0 Å². The zero-order valence-electron chi connectivity index (χ0n) is 18.7. The molecule has 0 aromatic carbocycles. The summed E-state index contributed by atoms with van der Waals surface area (Å²) >= 11 is 0. The van der Waals surface area contributed by atoms with Crippen molar-refractivity contribution >= 4 is 29.0 Å². The van der Waals surface area contributed by atoms with E-state index < -0.39 is 6.04 Å². The zero-order chi connectivity index (χ0) is 22.6. The minimum absolute atomic E-state index is 0.00329. The third-order valence-corrected chi connectivity index (χ3v) is 6.80. The van der Waals surface area contributed by atoms with Gasteiger partial charge in [0.25, 0.3) is 0 Å². The molecule has 2 heterocycles. The number of amides is 2. The Morgan fingerprint density at radius 3 is 2.71 bits per heavy atom. The predicted octanol–water partition coefficient (Wildman–Crippen LogP) is 0.564. The molecular weight excluding hydrogens is 394 g/mol. The predicted molar refractivity (Wildman–Crippen MR) is 118 cm³/mol. The Morgan fingerprint density at radius 1 is 1.26 bits per heavy atom. The number of carbonyl (C=O) groups is 3. The van der Waals surface area contributed by atoms with Crippen LogP contribution in [0.3, 0.4) is 0 Å². The molecule has 0 bridgehead atoms. The van der Waals surface area contributed by atoms with Gasteiger partial charge in [-0.3, -0.25) is 24.8 Å². The van der Waals surface area contributed by atoms with Gasteiger partial charge in [-0.25, -0.2) is 0 Å². The highest BCUT2D eigenvalue weighted by Crippen LogP contribution is 2.42. The van der Waals surface area contributed by atoms with Gasteiger partial charge in [-0.2, -0.15) is 0 Å². The minimum atomic E-state index is -0.430. The Kier molecular flexibility index (Phi) is 7.08. The van der Waals surface area contributed by atoms with Gasteiger partial charge in [0.05, 0.1) is 24.0 Å². The summed E-state index contributed by atoms with van der Waals surface area (Å²) in [5, 5.41) is 12.0. The number of aromatic nitrogens is 1. The van der Waals surface area contributed by atoms with E-state index in [0.29, 0.717) is 36.7 Å². The first kappa shape index (κ1) is 22.9. The fraction of sp³-hybridized carbons (Fsp3) is 0.609. The van der Waals surface area contributed by atoms with Crippen LogP contribution in [0.1, 0.15) is 58.4 Å². The van der Waals surface area contributed by atoms with Crippen molar-refractivity contribution in [2.24, 2.45) is 11.3 Å². The quantitative estimate of drug-likeness (QED) is 0.523. The summed E-state index contributed by atoms with van der Waals surface area (Å²) in [7, 11) is 0. The Morgan fingerprint density at radius 2 is 2.03 bits per heavy atom. The second-order valence-corrected chi connectivity index (χ2v) is 9.31. The van der Waals surface area contributed by atoms with Crippen LogP contribution in [0, 0.1) is 11.3 Å². The molecule has 1 saturated carbocycles. The summed E-state index contributed by atoms with van der Waals surface area (Å²) in [5.74, 6) is 0.0118. The van der Waals surface area contributed by atoms with E-state index >= 15 is 0 Å². The molecule has 8 nitrogen and oxygen atoms in total. The van der Waals surface area contributed by atoms with Crippen LogP contribution in [0.4, 0.5) is 5.69 Å². The Bertz CT molecular complexity index is 867. The van der Waals surface area contributed by atoms with E-state index in [0.717, 1.165) is 12.8 Å². The zero-order valence-corrected chi connectivity index (χ0v) is 18.7. The largest absolute Gasteiger partial charge is 0.374 e. The third-order valence-electron chi connectivity index (χ3n) is 6.80. The molecule has 4 N–H and O–H groups in total. The average molecular weight is 429 g/mol. The van der Waals surface area contributed by atoms with E-state index in [9.17, 15) is 14.4 Å². The molecule has 31 heavy (non-hydrogen) atoms. The number of Topliss-reactive ketones (excluding diaryl/α,β-unsaturated/α-hetero) is 1. The monoisotopic (exact) mass is 428 g/mol. The highest BCUT2D eigenvalue weighted by molar-refractivity contribution is 6.43. The number of rotatable bonds is 8. The topological polar surface area (TPSA) is 117 Å². The summed E-state index contributed by atoms with van der Waals surface area (Å²) in [6.07, 6.45) is 8.10. The first-order chi connectivity index (χ1) is 14.7. The molecule has 2 fully saturated rings. The van der Waals surface area contributed by atoms with Crippen molar-refractivity contribution in [3.63, 3.8) is 0 Å². The number of nitrogens with two attached hydrogens (primary N) is 1. The molecule has 2 amide bonds. The first-order valence-corrected chi connectivity index (χ1v) is 11.1. The molecule has 8 heteroatoms. The summed E-state index contributed by atoms with van der Waals surface area (Å²) < 4.78 is 0. The highest BCUT2D eigenvalue weighted by Gasteiger charge is 2.37. The molecule has 1 unspecified atom stereocenters. The van der Waals surface area contributed by atoms with Gasteiger partial charge in [0, 0.05) is 26.2 Å². The fourth-order valence-electron chi connectivity index (χ4n) is 4.69. The van der Waals surface area contributed by atoms with Crippen LogP contribution >= 0.6 is 0 Å². The summed E-state index contributed by atoms with van der Waals surface area (Å²) in [6.45, 7) is 7.15. The second-order valence-electron chi connectivity index (χ2n) is 9.31. The van der Waals surface area contributed by atoms with Gasteiger partial charge in [0.2, 0.25) is 23.3 Å². The van der Waals surface area contributed by atoms with Crippen LogP contribution in [0.5, 0.6) is 0 Å². The van der Waals surface area contributed by atoms with Crippen LogP contribution < -0.4 is 16.0 Å². The number of pyridine rings is 1. The van der Waals surface area contributed by atoms with Gasteiger partial charge in [-0.05, 0) is 43.1 Å². The van der Waals surface area contributed by atoms with Gasteiger partial charge in [-0.1, -0.05) is 20.3 Å². The molecule has 3 rings (SSSR count). The minimum Gasteiger partial charge on any atom is -0.374 e. The number of nitrogens with one attached hydrogen (secondary N) is 2. The number of likely N-dealkylation sites (tertiary alicyclic amines) is 1. The molecular formula is C23H34N5O3+. The smallest absolute Gasteiger partial charge is 0.249 e. The maximum Gasteiger partial charge on any atom is 0.249 e. The maximum absolute atomic E-state index is 12.9. The summed E-state index contributed by atoms with van der Waals surface area (Å²) in [6, 6.07) is 1.21. The molecule has 1 aromatic heterocycles. The van der Waals surface area contributed by atoms with Crippen molar-refractivity contribution in [3.8, 4) is 0 Å². The van der Waals surface area contributed by atoms with Crippen molar-refractivity contribution in [3.05, 3.63) is 24.0 Å². The van der Waals surface area contributed by atoms with Crippen LogP contribution in [0.2, 0.25) is 0 Å². The number of anilines is 1. The van der Waals surface area contributed by atoms with Gasteiger partial charge in [0.15, 0.2) is 0 Å². The van der Waals surface area contributed by atoms with E-state index in [1.807, 2.05) is 0 Å². The number of hydrogen-bond acceptors (Lipinski definition) is 5. The number of carbonyl (C=O) groups excluding carboxylic acids is 3. The van der Waals surface area contributed by atoms with Crippen molar-refractivity contribution < 1.29 is 19.8 Å². The SMILES string of the molecule is CC(=O)C(=[NH2+])c1ccncc1NCC(=O)N1CCC[C@H]1C(=O)NCC1CCCC1(C)C. The lowest BCUT2D eigenvalue weighted by Crippen LogP contribution is -2.49. The summed E-state index contributed by atoms with van der Waals surface area (Å²) in [4.78, 5) is 43.0. The van der Waals surface area contributed by atoms with E-state index in [4.69, 9.17) is 5.41 Å². The fourth-order valence-corrected chi connectivity index (χ4v) is 4.69. The third kappa shape index (κ3) is 5.29. The van der Waals surface area contributed by atoms with Crippen molar-refractivity contribution in [1.82, 2.24) is 15.2 Å². The highest BCUT2D eigenvalue weighted by atomic mass is 16.2. The van der Waals surface area contributed by atoms with Gasteiger partial charge in [0.1, 0.15) is 6.04 Å². The molecule has 2 aliphatic rings. The van der Waals surface area contributed by atoms with Gasteiger partial charge < -0.3 is 15.5 Å². The second kappa shape index (κ2) is 9.58. The maximum atomic E-state index is 12.9. The van der Waals surface area contributed by atoms with Crippen LogP contribution in [-0.4, -0.2) is 58.9 Å². The van der Waals surface area contributed by atoms with Gasteiger partial charge in [-0.15, -0.1) is 0 Å². The van der Waals surface area contributed by atoms with Crippen LogP contribution in [0.25, 0.3) is 0 Å².